The van der Waals surface area contributed by atoms with E-state index in [9.17, 15) is 5.11 Å². The van der Waals surface area contributed by atoms with E-state index in [1.54, 1.807) is 30.5 Å². The van der Waals surface area contributed by atoms with E-state index in [1.807, 2.05) is 37.3 Å². The molecule has 5 nitrogen and oxygen atoms in total. The van der Waals surface area contributed by atoms with Gasteiger partial charge in [0.25, 0.3) is 0 Å². The van der Waals surface area contributed by atoms with Crippen molar-refractivity contribution in [2.24, 2.45) is 5.10 Å². The summed E-state index contributed by atoms with van der Waals surface area (Å²) in [5.41, 5.74) is 5.24. The Bertz CT molecular complexity index is 878. The summed E-state index contributed by atoms with van der Waals surface area (Å²) in [5, 5.41) is 14.2. The van der Waals surface area contributed by atoms with Gasteiger partial charge < -0.3 is 5.11 Å². The van der Waals surface area contributed by atoms with Crippen LogP contribution in [-0.2, 0) is 0 Å². The molecule has 0 amide bonds. The number of para-hydroxylation sites is 1. The minimum atomic E-state index is 0.146. The van der Waals surface area contributed by atoms with E-state index in [-0.39, 0.29) is 5.75 Å². The molecular weight excluding hydrogens is 368 g/mol. The lowest BCUT2D eigenvalue weighted by atomic mass is 10.2. The van der Waals surface area contributed by atoms with Crippen molar-refractivity contribution in [3.63, 3.8) is 0 Å². The van der Waals surface area contributed by atoms with Gasteiger partial charge in [0.1, 0.15) is 5.75 Å². The van der Waals surface area contributed by atoms with Gasteiger partial charge in [-0.3, -0.25) is 5.43 Å². The SMILES string of the molecule is Cc1cc(N/N=C\c2ccc(Br)cc2)nc(-c2ccccc2O)n1. The number of anilines is 1. The van der Waals surface area contributed by atoms with Crippen LogP contribution >= 0.6 is 15.9 Å². The second-order valence-electron chi connectivity index (χ2n) is 5.16. The van der Waals surface area contributed by atoms with Crippen LogP contribution in [-0.4, -0.2) is 21.3 Å². The average Bonchev–Trinajstić information content (AvgIpc) is 2.57. The van der Waals surface area contributed by atoms with Gasteiger partial charge in [0.05, 0.1) is 11.8 Å². The first kappa shape index (κ1) is 16.1. The summed E-state index contributed by atoms with van der Waals surface area (Å²) in [5.74, 6) is 1.16. The molecule has 0 saturated heterocycles. The van der Waals surface area contributed by atoms with Crippen molar-refractivity contribution in [2.75, 3.05) is 5.43 Å². The van der Waals surface area contributed by atoms with Crippen LogP contribution < -0.4 is 5.43 Å². The van der Waals surface area contributed by atoms with Gasteiger partial charge in [-0.1, -0.05) is 40.2 Å². The molecule has 3 aromatic rings. The Morgan fingerprint density at radius 2 is 1.83 bits per heavy atom. The summed E-state index contributed by atoms with van der Waals surface area (Å²) < 4.78 is 1.02. The number of phenolic OH excluding ortho intramolecular Hbond substituents is 1. The van der Waals surface area contributed by atoms with Crippen LogP contribution in [0.1, 0.15) is 11.3 Å². The minimum Gasteiger partial charge on any atom is -0.507 e. The van der Waals surface area contributed by atoms with Crippen molar-refractivity contribution in [2.45, 2.75) is 6.92 Å². The standard InChI is InChI=1S/C18H15BrN4O/c1-12-10-17(23-20-11-13-6-8-14(19)9-7-13)22-18(21-12)15-4-2-3-5-16(15)24/h2-11,24H,1H3,(H,21,22,23)/b20-11-. The van der Waals surface area contributed by atoms with Crippen molar-refractivity contribution in [3.05, 3.63) is 70.3 Å². The third kappa shape index (κ3) is 3.97. The smallest absolute Gasteiger partial charge is 0.165 e. The predicted octanol–water partition coefficient (Wildman–Crippen LogP) is 4.37. The Balaban J connectivity index is 1.81. The van der Waals surface area contributed by atoms with Gasteiger partial charge in [-0.25, -0.2) is 9.97 Å². The first-order valence-corrected chi connectivity index (χ1v) is 8.10. The molecule has 2 N–H and O–H groups in total. The first-order chi connectivity index (χ1) is 11.6. The Hall–Kier alpha value is -2.73. The molecule has 0 aliphatic carbocycles. The van der Waals surface area contributed by atoms with Crippen LogP contribution in [0.25, 0.3) is 11.4 Å². The van der Waals surface area contributed by atoms with Crippen molar-refractivity contribution in [1.82, 2.24) is 9.97 Å². The number of phenols is 1. The molecule has 1 heterocycles. The van der Waals surface area contributed by atoms with Crippen LogP contribution in [0.3, 0.4) is 0 Å². The van der Waals surface area contributed by atoms with Crippen molar-refractivity contribution in [3.8, 4) is 17.1 Å². The quantitative estimate of drug-likeness (QED) is 0.519. The number of halogens is 1. The molecule has 1 aromatic heterocycles. The van der Waals surface area contributed by atoms with E-state index in [4.69, 9.17) is 0 Å². The van der Waals surface area contributed by atoms with Crippen LogP contribution in [0.5, 0.6) is 5.75 Å². The molecule has 3 rings (SSSR count). The number of hydrogen-bond donors (Lipinski definition) is 2. The summed E-state index contributed by atoms with van der Waals surface area (Å²) in [6.45, 7) is 1.87. The third-order valence-corrected chi connectivity index (χ3v) is 3.79. The predicted molar refractivity (Wildman–Crippen MR) is 99.2 cm³/mol. The van der Waals surface area contributed by atoms with E-state index in [0.29, 0.717) is 17.2 Å². The van der Waals surface area contributed by atoms with Crippen molar-refractivity contribution < 1.29 is 5.11 Å². The van der Waals surface area contributed by atoms with Crippen LogP contribution in [0, 0.1) is 6.92 Å². The highest BCUT2D eigenvalue weighted by Crippen LogP contribution is 2.26. The van der Waals surface area contributed by atoms with Crippen LogP contribution in [0.4, 0.5) is 5.82 Å². The molecule has 0 aliphatic rings. The zero-order valence-corrected chi connectivity index (χ0v) is 14.5. The van der Waals surface area contributed by atoms with Crippen molar-refractivity contribution in [1.29, 1.82) is 0 Å². The molecule has 0 saturated carbocycles. The maximum Gasteiger partial charge on any atom is 0.165 e. The topological polar surface area (TPSA) is 70.4 Å². The lowest BCUT2D eigenvalue weighted by Crippen LogP contribution is -1.99. The summed E-state index contributed by atoms with van der Waals surface area (Å²) in [6, 6.07) is 16.6. The van der Waals surface area contributed by atoms with E-state index < -0.39 is 0 Å². The summed E-state index contributed by atoms with van der Waals surface area (Å²) in [7, 11) is 0. The van der Waals surface area contributed by atoms with Gasteiger partial charge >= 0.3 is 0 Å². The summed E-state index contributed by atoms with van der Waals surface area (Å²) in [6.07, 6.45) is 1.71. The molecule has 24 heavy (non-hydrogen) atoms. The first-order valence-electron chi connectivity index (χ1n) is 7.30. The number of rotatable bonds is 4. The molecule has 0 spiro atoms. The van der Waals surface area contributed by atoms with Gasteiger partial charge in [0.2, 0.25) is 0 Å². The molecule has 0 bridgehead atoms. The van der Waals surface area contributed by atoms with Gasteiger partial charge in [0, 0.05) is 16.2 Å². The summed E-state index contributed by atoms with van der Waals surface area (Å²) >= 11 is 3.40. The van der Waals surface area contributed by atoms with E-state index >= 15 is 0 Å². The number of nitrogens with zero attached hydrogens (tertiary/aromatic N) is 3. The molecule has 0 unspecified atom stereocenters. The molecular formula is C18H15BrN4O. The molecule has 0 radical (unpaired) electrons. The highest BCUT2D eigenvalue weighted by molar-refractivity contribution is 9.10. The Kier molecular flexibility index (Phi) is 4.86. The van der Waals surface area contributed by atoms with E-state index in [0.717, 1.165) is 15.7 Å². The van der Waals surface area contributed by atoms with Crippen molar-refractivity contribution >= 4 is 28.0 Å². The lowest BCUT2D eigenvalue weighted by Gasteiger charge is -2.07. The van der Waals surface area contributed by atoms with E-state index in [2.05, 4.69) is 36.4 Å². The maximum atomic E-state index is 9.96. The van der Waals surface area contributed by atoms with Crippen LogP contribution in [0.2, 0.25) is 0 Å². The number of aromatic hydroxyl groups is 1. The number of hydrazone groups is 1. The molecule has 6 heteroatoms. The van der Waals surface area contributed by atoms with Gasteiger partial charge in [-0.15, -0.1) is 0 Å². The van der Waals surface area contributed by atoms with E-state index in [1.165, 1.54) is 0 Å². The number of nitrogens with one attached hydrogen (secondary N) is 1. The fraction of sp³-hybridized carbons (Fsp3) is 0.0556. The highest BCUT2D eigenvalue weighted by atomic mass is 79.9. The fourth-order valence-corrected chi connectivity index (χ4v) is 2.40. The number of aromatic nitrogens is 2. The largest absolute Gasteiger partial charge is 0.507 e. The summed E-state index contributed by atoms with van der Waals surface area (Å²) in [4.78, 5) is 8.78. The molecule has 120 valence electrons. The number of benzene rings is 2. The molecule has 0 aliphatic heterocycles. The lowest BCUT2D eigenvalue weighted by molar-refractivity contribution is 0.477. The Labute approximate surface area is 148 Å². The molecule has 0 fully saturated rings. The molecule has 0 atom stereocenters. The molecule has 2 aromatic carbocycles. The monoisotopic (exact) mass is 382 g/mol. The fourth-order valence-electron chi connectivity index (χ4n) is 2.13. The minimum absolute atomic E-state index is 0.146. The number of aryl methyl sites for hydroxylation is 1. The van der Waals surface area contributed by atoms with Gasteiger partial charge in [0.15, 0.2) is 11.6 Å². The normalized spacial score (nSPS) is 10.9. The van der Waals surface area contributed by atoms with Crippen LogP contribution in [0.15, 0.2) is 64.2 Å². The zero-order chi connectivity index (χ0) is 16.9. The number of hydrogen-bond acceptors (Lipinski definition) is 5. The highest BCUT2D eigenvalue weighted by Gasteiger charge is 2.08. The second-order valence-corrected chi connectivity index (χ2v) is 6.07. The zero-order valence-electron chi connectivity index (χ0n) is 12.9. The Morgan fingerprint density at radius 1 is 1.08 bits per heavy atom. The van der Waals surface area contributed by atoms with Gasteiger partial charge in [-0.2, -0.15) is 5.10 Å². The maximum absolute atomic E-state index is 9.96. The average molecular weight is 383 g/mol. The Morgan fingerprint density at radius 3 is 2.58 bits per heavy atom. The second kappa shape index (κ2) is 7.23. The van der Waals surface area contributed by atoms with Gasteiger partial charge in [-0.05, 0) is 36.8 Å². The third-order valence-electron chi connectivity index (χ3n) is 3.26.